The van der Waals surface area contributed by atoms with Gasteiger partial charge in [0.25, 0.3) is 11.6 Å². The molecule has 0 aromatic heterocycles. The first kappa shape index (κ1) is 26.2. The fraction of sp³-hybridized carbons (Fsp3) is 0.333. The Bertz CT molecular complexity index is 1320. The number of para-hydroxylation sites is 1. The molecule has 1 amide bonds. The molecule has 0 aliphatic carbocycles. The number of carbonyl (C=O) groups is 2. The summed E-state index contributed by atoms with van der Waals surface area (Å²) in [5.41, 5.74) is 2.83. The molecule has 2 aromatic rings. The fourth-order valence-electron chi connectivity index (χ4n) is 4.03. The van der Waals surface area contributed by atoms with Crippen molar-refractivity contribution in [2.24, 2.45) is 10.3 Å². The molecular weight excluding hydrogens is 504 g/mol. The molecule has 4 rings (SSSR count). The molecule has 0 spiro atoms. The van der Waals surface area contributed by atoms with E-state index in [1.54, 1.807) is 6.92 Å². The number of hydrogen-bond donors (Lipinski definition) is 1. The van der Waals surface area contributed by atoms with Gasteiger partial charge in [-0.15, -0.1) is 0 Å². The summed E-state index contributed by atoms with van der Waals surface area (Å²) in [4.78, 5) is 40.8. The van der Waals surface area contributed by atoms with Crippen LogP contribution in [0.1, 0.15) is 34.8 Å². The van der Waals surface area contributed by atoms with Crippen molar-refractivity contribution in [2.45, 2.75) is 25.9 Å². The Balaban J connectivity index is 1.65. The lowest BCUT2D eigenvalue weighted by Crippen LogP contribution is -2.20. The number of amides is 1. The molecule has 2 aliphatic heterocycles. The predicted octanol–water partition coefficient (Wildman–Crippen LogP) is 2.36. The third-order valence-electron chi connectivity index (χ3n) is 5.66. The molecule has 0 saturated carbocycles. The molecule has 0 radical (unpaired) electrons. The minimum Gasteiger partial charge on any atom is -0.492 e. The lowest BCUT2D eigenvalue weighted by atomic mass is 9.96. The number of benzene rings is 2. The Kier molecular flexibility index (Phi) is 7.89. The van der Waals surface area contributed by atoms with E-state index in [2.05, 4.69) is 15.7 Å². The van der Waals surface area contributed by atoms with Gasteiger partial charge in [-0.3, -0.25) is 14.9 Å². The molecule has 2 aromatic carbocycles. The van der Waals surface area contributed by atoms with Gasteiger partial charge in [0.1, 0.15) is 11.7 Å². The maximum Gasteiger partial charge on any atom is 0.356 e. The predicted molar refractivity (Wildman–Crippen MR) is 131 cm³/mol. The van der Waals surface area contributed by atoms with E-state index in [4.69, 9.17) is 28.5 Å². The number of ether oxygens (including phenoxy) is 5. The topological polar surface area (TPSA) is 169 Å². The van der Waals surface area contributed by atoms with Crippen LogP contribution >= 0.6 is 0 Å². The maximum atomic E-state index is 12.6. The third-order valence-corrected chi connectivity index (χ3v) is 5.66. The van der Waals surface area contributed by atoms with Crippen LogP contribution in [0.25, 0.3) is 0 Å². The summed E-state index contributed by atoms with van der Waals surface area (Å²) in [5.74, 6) is -0.209. The van der Waals surface area contributed by atoms with Crippen molar-refractivity contribution in [1.82, 2.24) is 5.43 Å². The van der Waals surface area contributed by atoms with Gasteiger partial charge in [-0.05, 0) is 13.0 Å². The molecule has 200 valence electrons. The van der Waals surface area contributed by atoms with Crippen molar-refractivity contribution in [2.75, 3.05) is 27.6 Å². The van der Waals surface area contributed by atoms with Gasteiger partial charge in [0, 0.05) is 30.0 Å². The number of nitrogens with zero attached hydrogens (tertiary/aromatic N) is 3. The summed E-state index contributed by atoms with van der Waals surface area (Å²) in [5, 5.41) is 19.1. The largest absolute Gasteiger partial charge is 0.492 e. The minimum atomic E-state index is -0.781. The number of carbonyl (C=O) groups excluding carboxylic acids is 2. The van der Waals surface area contributed by atoms with Gasteiger partial charge < -0.3 is 28.5 Å². The van der Waals surface area contributed by atoms with Crippen LogP contribution in [0.15, 0.2) is 34.5 Å². The maximum absolute atomic E-state index is 12.6. The van der Waals surface area contributed by atoms with Crippen LogP contribution in [0.2, 0.25) is 0 Å². The quantitative estimate of drug-likeness (QED) is 0.209. The second-order valence-corrected chi connectivity index (χ2v) is 7.89. The van der Waals surface area contributed by atoms with Gasteiger partial charge >= 0.3 is 5.97 Å². The van der Waals surface area contributed by atoms with Crippen LogP contribution in [-0.2, 0) is 20.8 Å². The van der Waals surface area contributed by atoms with Crippen LogP contribution in [0.3, 0.4) is 0 Å². The molecule has 38 heavy (non-hydrogen) atoms. The first-order chi connectivity index (χ1) is 18.4. The van der Waals surface area contributed by atoms with E-state index in [1.807, 2.05) is 0 Å². The second kappa shape index (κ2) is 11.5. The van der Waals surface area contributed by atoms with Crippen molar-refractivity contribution in [3.8, 4) is 23.0 Å². The Hall–Kier alpha value is -4.88. The first-order valence-corrected chi connectivity index (χ1v) is 11.4. The molecule has 0 saturated heterocycles. The number of hydrazone groups is 1. The van der Waals surface area contributed by atoms with Gasteiger partial charge in [-0.2, -0.15) is 5.10 Å². The summed E-state index contributed by atoms with van der Waals surface area (Å²) in [6.07, 6.45) is 1.12. The molecular formula is C24H24N4O10. The molecule has 2 aliphatic rings. The number of hydrogen-bond acceptors (Lipinski definition) is 12. The molecule has 2 heterocycles. The van der Waals surface area contributed by atoms with Crippen molar-refractivity contribution < 1.29 is 43.0 Å². The number of nitro benzene ring substituents is 1. The monoisotopic (exact) mass is 528 g/mol. The number of nitrogens with one attached hydrogen (secondary N) is 1. The SMILES string of the molecule is CCOC(=O)C1=NOC(Cc2c(/C=N/NC(=O)c3ccccc3[N+](=O)[O-])c3c(c(OC)c2OC)OCO3)C1. The van der Waals surface area contributed by atoms with Gasteiger partial charge in [0.15, 0.2) is 17.2 Å². The van der Waals surface area contributed by atoms with E-state index >= 15 is 0 Å². The summed E-state index contributed by atoms with van der Waals surface area (Å²) in [6.45, 7) is 1.79. The van der Waals surface area contributed by atoms with Gasteiger partial charge in [-0.25, -0.2) is 10.2 Å². The molecule has 1 atom stereocenters. The summed E-state index contributed by atoms with van der Waals surface area (Å²) in [6, 6.07) is 5.50. The number of nitro groups is 1. The zero-order chi connectivity index (χ0) is 27.2. The van der Waals surface area contributed by atoms with E-state index in [0.29, 0.717) is 16.9 Å². The normalized spacial score (nSPS) is 15.6. The molecule has 1 N–H and O–H groups in total. The highest BCUT2D eigenvalue weighted by Crippen LogP contribution is 2.52. The Morgan fingerprint density at radius 2 is 1.95 bits per heavy atom. The van der Waals surface area contributed by atoms with E-state index < -0.39 is 22.9 Å². The van der Waals surface area contributed by atoms with Gasteiger partial charge in [-0.1, -0.05) is 17.3 Å². The number of oxime groups is 1. The van der Waals surface area contributed by atoms with Crippen LogP contribution in [0.5, 0.6) is 23.0 Å². The van der Waals surface area contributed by atoms with E-state index in [9.17, 15) is 19.7 Å². The molecule has 14 nitrogen and oxygen atoms in total. The number of rotatable bonds is 10. The van der Waals surface area contributed by atoms with Crippen molar-refractivity contribution in [3.05, 3.63) is 51.1 Å². The van der Waals surface area contributed by atoms with E-state index in [0.717, 1.165) is 0 Å². The van der Waals surface area contributed by atoms with Crippen molar-refractivity contribution in [3.63, 3.8) is 0 Å². The average molecular weight is 528 g/mol. The summed E-state index contributed by atoms with van der Waals surface area (Å²) in [7, 11) is 2.88. The minimum absolute atomic E-state index is 0.0994. The number of esters is 1. The standard InChI is InChI=1S/C24H24N4O10/c1-4-35-24(30)17-10-13(38-27-17)9-15-16(20-22(37-12-36-20)21(34-3)19(15)33-2)11-25-26-23(29)14-7-5-6-8-18(14)28(31)32/h5-8,11,13H,4,9-10,12H2,1-3H3,(H,26,29)/b25-11+. The number of methoxy groups -OCH3 is 2. The van der Waals surface area contributed by atoms with Crippen molar-refractivity contribution in [1.29, 1.82) is 0 Å². The summed E-state index contributed by atoms with van der Waals surface area (Å²) < 4.78 is 27.4. The van der Waals surface area contributed by atoms with Crippen molar-refractivity contribution >= 4 is 29.5 Å². The zero-order valence-electron chi connectivity index (χ0n) is 20.7. The lowest BCUT2D eigenvalue weighted by Gasteiger charge is -2.19. The van der Waals surface area contributed by atoms with Gasteiger partial charge in [0.2, 0.25) is 18.3 Å². The highest BCUT2D eigenvalue weighted by atomic mass is 16.7. The first-order valence-electron chi connectivity index (χ1n) is 11.4. The number of fused-ring (bicyclic) bond motifs is 1. The van der Waals surface area contributed by atoms with E-state index in [1.165, 1.54) is 44.7 Å². The van der Waals surface area contributed by atoms with E-state index in [-0.39, 0.29) is 60.5 Å². The molecule has 14 heteroatoms. The van der Waals surface area contributed by atoms with Crippen LogP contribution < -0.4 is 24.4 Å². The molecule has 0 fully saturated rings. The highest BCUT2D eigenvalue weighted by molar-refractivity contribution is 6.36. The Labute approximate surface area is 216 Å². The third kappa shape index (κ3) is 5.14. The van der Waals surface area contributed by atoms with Crippen LogP contribution in [0.4, 0.5) is 5.69 Å². The second-order valence-electron chi connectivity index (χ2n) is 7.89. The van der Waals surface area contributed by atoms with Crippen LogP contribution in [-0.4, -0.2) is 62.4 Å². The smallest absolute Gasteiger partial charge is 0.356 e. The van der Waals surface area contributed by atoms with Crippen LogP contribution in [0, 0.1) is 10.1 Å². The fourth-order valence-corrected chi connectivity index (χ4v) is 4.03. The Morgan fingerprint density at radius 1 is 1.21 bits per heavy atom. The molecule has 0 bridgehead atoms. The lowest BCUT2D eigenvalue weighted by molar-refractivity contribution is -0.385. The zero-order valence-corrected chi connectivity index (χ0v) is 20.7. The average Bonchev–Trinajstić information content (AvgIpc) is 3.59. The summed E-state index contributed by atoms with van der Waals surface area (Å²) >= 11 is 0. The highest BCUT2D eigenvalue weighted by Gasteiger charge is 2.34. The van der Waals surface area contributed by atoms with Gasteiger partial charge in [0.05, 0.1) is 32.0 Å². The molecule has 1 unspecified atom stereocenters. The Morgan fingerprint density at radius 3 is 2.66 bits per heavy atom.